The van der Waals surface area contributed by atoms with Crippen LogP contribution in [0.4, 0.5) is 15.8 Å². The number of anilines is 2. The Morgan fingerprint density at radius 1 is 1.27 bits per heavy atom. The second-order valence-electron chi connectivity index (χ2n) is 7.46. The average Bonchev–Trinajstić information content (AvgIpc) is 2.68. The van der Waals surface area contributed by atoms with Crippen LogP contribution in [0.15, 0.2) is 42.7 Å². The number of pyridine rings is 1. The number of aromatic nitrogens is 1. The van der Waals surface area contributed by atoms with Crippen molar-refractivity contribution in [2.45, 2.75) is 12.6 Å². The fourth-order valence-corrected chi connectivity index (χ4v) is 4.80. The number of nitrogens with zero attached hydrogens (tertiary/aromatic N) is 4. The maximum Gasteiger partial charge on any atom is 0.281 e. The largest absolute Gasteiger partial charge is 0.383 e. The number of benzene rings is 1. The van der Waals surface area contributed by atoms with Crippen LogP contribution < -0.4 is 5.32 Å². The molecular weight excluding hydrogens is 409 g/mol. The molecule has 1 fully saturated rings. The van der Waals surface area contributed by atoms with Crippen LogP contribution in [-0.4, -0.2) is 80.4 Å². The van der Waals surface area contributed by atoms with E-state index in [4.69, 9.17) is 4.74 Å². The molecule has 30 heavy (non-hydrogen) atoms. The molecule has 3 rings (SSSR count). The summed E-state index contributed by atoms with van der Waals surface area (Å²) in [4.78, 5) is 6.17. The quantitative estimate of drug-likeness (QED) is 0.680. The lowest BCUT2D eigenvalue weighted by Gasteiger charge is -2.41. The van der Waals surface area contributed by atoms with Crippen molar-refractivity contribution < 1.29 is 17.5 Å². The number of hydrogen-bond donors (Lipinski definition) is 1. The van der Waals surface area contributed by atoms with Gasteiger partial charge in [0.15, 0.2) is 0 Å². The summed E-state index contributed by atoms with van der Waals surface area (Å²) in [6, 6.07) is 8.19. The van der Waals surface area contributed by atoms with E-state index >= 15 is 0 Å². The van der Waals surface area contributed by atoms with Gasteiger partial charge in [0.2, 0.25) is 0 Å². The van der Waals surface area contributed by atoms with Crippen LogP contribution in [0.3, 0.4) is 0 Å². The van der Waals surface area contributed by atoms with Gasteiger partial charge in [0.25, 0.3) is 10.2 Å². The molecule has 1 aromatic carbocycles. The lowest BCUT2D eigenvalue weighted by atomic mass is 10.1. The van der Waals surface area contributed by atoms with Crippen molar-refractivity contribution >= 4 is 21.6 Å². The van der Waals surface area contributed by atoms with Crippen LogP contribution in [0.5, 0.6) is 0 Å². The number of piperazine rings is 1. The minimum absolute atomic E-state index is 0.292. The third-order valence-corrected chi connectivity index (χ3v) is 6.94. The standard InChI is InChI=1S/C20H28FN5O3S/c1-24(2)30(27,28)26-8-7-25(14-20(26)15-29-3)13-16-9-17(21)11-19(10-16)23-18-5-4-6-22-12-18/h4-6,9-12,20,23H,7-8,13-15H2,1-3H3/t20-/m0/s1. The lowest BCUT2D eigenvalue weighted by Crippen LogP contribution is -2.58. The average molecular weight is 438 g/mol. The fourth-order valence-electron chi connectivity index (χ4n) is 3.56. The maximum absolute atomic E-state index is 14.2. The van der Waals surface area contributed by atoms with Crippen LogP contribution in [0.1, 0.15) is 5.56 Å². The molecule has 8 nitrogen and oxygen atoms in total. The van der Waals surface area contributed by atoms with E-state index in [0.717, 1.165) is 11.3 Å². The molecule has 1 aliphatic heterocycles. The fraction of sp³-hybridized carbons (Fsp3) is 0.450. The van der Waals surface area contributed by atoms with E-state index in [1.807, 2.05) is 12.1 Å². The van der Waals surface area contributed by atoms with Gasteiger partial charge in [-0.25, -0.2) is 4.39 Å². The number of ether oxygens (including phenoxy) is 1. The van der Waals surface area contributed by atoms with Gasteiger partial charge >= 0.3 is 0 Å². The van der Waals surface area contributed by atoms with Crippen molar-refractivity contribution in [3.63, 3.8) is 0 Å². The van der Waals surface area contributed by atoms with E-state index < -0.39 is 10.2 Å². The van der Waals surface area contributed by atoms with Crippen LogP contribution in [0.2, 0.25) is 0 Å². The topological polar surface area (TPSA) is 78.0 Å². The molecule has 2 heterocycles. The summed E-state index contributed by atoms with van der Waals surface area (Å²) < 4.78 is 47.4. The van der Waals surface area contributed by atoms with Crippen molar-refractivity contribution in [1.29, 1.82) is 0 Å². The Morgan fingerprint density at radius 2 is 2.07 bits per heavy atom. The maximum atomic E-state index is 14.2. The smallest absolute Gasteiger partial charge is 0.281 e. The summed E-state index contributed by atoms with van der Waals surface area (Å²) in [5.41, 5.74) is 2.22. The second kappa shape index (κ2) is 9.80. The van der Waals surface area contributed by atoms with Gasteiger partial charge in [-0.2, -0.15) is 17.0 Å². The van der Waals surface area contributed by atoms with Crippen LogP contribution >= 0.6 is 0 Å². The lowest BCUT2D eigenvalue weighted by molar-refractivity contribution is 0.0637. The van der Waals surface area contributed by atoms with Crippen molar-refractivity contribution in [2.75, 3.05) is 52.8 Å². The molecule has 0 bridgehead atoms. The monoisotopic (exact) mass is 437 g/mol. The van der Waals surface area contributed by atoms with Gasteiger partial charge < -0.3 is 10.1 Å². The van der Waals surface area contributed by atoms with Gasteiger partial charge in [0, 0.05) is 59.3 Å². The molecule has 0 radical (unpaired) electrons. The molecule has 0 amide bonds. The van der Waals surface area contributed by atoms with E-state index in [9.17, 15) is 12.8 Å². The molecule has 1 aromatic heterocycles. The first kappa shape index (κ1) is 22.6. The Bertz CT molecular complexity index is 943. The molecule has 0 spiro atoms. The first-order valence-corrected chi connectivity index (χ1v) is 11.1. The number of halogens is 1. The predicted octanol–water partition coefficient (Wildman–Crippen LogP) is 1.90. The Hall–Kier alpha value is -2.11. The third-order valence-electron chi connectivity index (χ3n) is 4.94. The Balaban J connectivity index is 1.72. The van der Waals surface area contributed by atoms with E-state index in [2.05, 4.69) is 15.2 Å². The summed E-state index contributed by atoms with van der Waals surface area (Å²) in [5.74, 6) is -0.332. The van der Waals surface area contributed by atoms with E-state index in [1.54, 1.807) is 25.6 Å². The van der Waals surface area contributed by atoms with Crippen molar-refractivity contribution in [3.8, 4) is 0 Å². The normalized spacial score (nSPS) is 18.6. The molecule has 10 heteroatoms. The number of methoxy groups -OCH3 is 1. The summed E-state index contributed by atoms with van der Waals surface area (Å²) in [6.07, 6.45) is 3.35. The molecule has 0 unspecified atom stereocenters. The molecule has 1 saturated heterocycles. The molecular formula is C20H28FN5O3S. The molecule has 1 N–H and O–H groups in total. The van der Waals surface area contributed by atoms with Gasteiger partial charge in [-0.15, -0.1) is 0 Å². The Labute approximate surface area is 177 Å². The van der Waals surface area contributed by atoms with Crippen LogP contribution in [-0.2, 0) is 21.5 Å². The summed E-state index contributed by atoms with van der Waals surface area (Å²) in [6.45, 7) is 2.21. The predicted molar refractivity (Wildman–Crippen MR) is 114 cm³/mol. The van der Waals surface area contributed by atoms with Gasteiger partial charge in [-0.3, -0.25) is 9.88 Å². The summed E-state index contributed by atoms with van der Waals surface area (Å²) in [5, 5.41) is 3.16. The zero-order chi connectivity index (χ0) is 21.7. The van der Waals surface area contributed by atoms with Gasteiger partial charge in [-0.1, -0.05) is 0 Å². The van der Waals surface area contributed by atoms with Crippen molar-refractivity contribution in [1.82, 2.24) is 18.5 Å². The highest BCUT2D eigenvalue weighted by Gasteiger charge is 2.36. The van der Waals surface area contributed by atoms with Crippen LogP contribution in [0, 0.1) is 5.82 Å². The van der Waals surface area contributed by atoms with Gasteiger partial charge in [0.05, 0.1) is 24.5 Å². The highest BCUT2D eigenvalue weighted by Crippen LogP contribution is 2.22. The number of rotatable bonds is 8. The minimum atomic E-state index is -3.53. The molecule has 2 aromatic rings. The second-order valence-corrected chi connectivity index (χ2v) is 9.56. The Kier molecular flexibility index (Phi) is 7.37. The SMILES string of the molecule is COC[C@@H]1CN(Cc2cc(F)cc(Nc3cccnc3)c2)CCN1S(=O)(=O)N(C)C. The molecule has 0 aliphatic carbocycles. The molecule has 0 saturated carbocycles. The first-order chi connectivity index (χ1) is 14.3. The Morgan fingerprint density at radius 3 is 2.73 bits per heavy atom. The van der Waals surface area contributed by atoms with Gasteiger partial charge in [0.1, 0.15) is 5.82 Å². The van der Waals surface area contributed by atoms with Crippen molar-refractivity contribution in [3.05, 3.63) is 54.1 Å². The van der Waals surface area contributed by atoms with Crippen LogP contribution in [0.25, 0.3) is 0 Å². The zero-order valence-electron chi connectivity index (χ0n) is 17.5. The molecule has 1 aliphatic rings. The highest BCUT2D eigenvalue weighted by atomic mass is 32.2. The number of nitrogens with one attached hydrogen (secondary N) is 1. The molecule has 1 atom stereocenters. The summed E-state index contributed by atoms with van der Waals surface area (Å²) in [7, 11) is 1.07. The van der Waals surface area contributed by atoms with Gasteiger partial charge in [-0.05, 0) is 35.9 Å². The van der Waals surface area contributed by atoms with E-state index in [0.29, 0.717) is 38.5 Å². The van der Waals surface area contributed by atoms with E-state index in [-0.39, 0.29) is 11.9 Å². The first-order valence-electron chi connectivity index (χ1n) is 9.66. The zero-order valence-corrected chi connectivity index (χ0v) is 18.3. The number of hydrogen-bond acceptors (Lipinski definition) is 6. The van der Waals surface area contributed by atoms with Crippen molar-refractivity contribution in [2.24, 2.45) is 0 Å². The van der Waals surface area contributed by atoms with E-state index in [1.165, 1.54) is 34.8 Å². The third kappa shape index (κ3) is 5.52. The molecule has 164 valence electrons. The minimum Gasteiger partial charge on any atom is -0.383 e. The highest BCUT2D eigenvalue weighted by molar-refractivity contribution is 7.86. The summed E-state index contributed by atoms with van der Waals surface area (Å²) >= 11 is 0.